The zero-order valence-corrected chi connectivity index (χ0v) is 14.2. The molecule has 0 heterocycles. The molecule has 0 aromatic rings. The van der Waals surface area contributed by atoms with Crippen molar-refractivity contribution >= 4 is 12.6 Å². The number of thiol groups is 1. The maximum atomic E-state index is 4.70. The summed E-state index contributed by atoms with van der Waals surface area (Å²) in [7, 11) is 0. The topological polar surface area (TPSA) is 0 Å². The van der Waals surface area contributed by atoms with Gasteiger partial charge in [0.25, 0.3) is 0 Å². The van der Waals surface area contributed by atoms with Gasteiger partial charge in [0.05, 0.1) is 0 Å². The molecule has 0 spiro atoms. The summed E-state index contributed by atoms with van der Waals surface area (Å²) in [5.74, 6) is 0. The standard InChI is InChI=1S/C18H32S/c1-6-16(5)12-10-13-17(7-2)14-11-15-18(19,8-3)9-4/h8,12,14,19H,3,6-7,9-11,13,15H2,1-2,4-5H3/b16-12-,17-14+. The molecule has 0 saturated heterocycles. The van der Waals surface area contributed by atoms with E-state index in [4.69, 9.17) is 12.6 Å². The van der Waals surface area contributed by atoms with Gasteiger partial charge >= 0.3 is 0 Å². The fraction of sp³-hybridized carbons (Fsp3) is 0.667. The molecule has 0 aromatic carbocycles. The van der Waals surface area contributed by atoms with E-state index < -0.39 is 0 Å². The lowest BCUT2D eigenvalue weighted by molar-refractivity contribution is 0.632. The first kappa shape index (κ1) is 18.6. The van der Waals surface area contributed by atoms with Crippen molar-refractivity contribution in [3.05, 3.63) is 36.0 Å². The monoisotopic (exact) mass is 280 g/mol. The highest BCUT2D eigenvalue weighted by atomic mass is 32.1. The number of allylic oxidation sites excluding steroid dienone is 4. The van der Waals surface area contributed by atoms with Crippen LogP contribution in [-0.4, -0.2) is 4.75 Å². The minimum absolute atomic E-state index is 0.00799. The summed E-state index contributed by atoms with van der Waals surface area (Å²) in [6.07, 6.45) is 14.8. The lowest BCUT2D eigenvalue weighted by atomic mass is 9.97. The largest absolute Gasteiger partial charge is 0.168 e. The summed E-state index contributed by atoms with van der Waals surface area (Å²) in [4.78, 5) is 0. The predicted octanol–water partition coefficient (Wildman–Crippen LogP) is 6.50. The third kappa shape index (κ3) is 8.36. The summed E-state index contributed by atoms with van der Waals surface area (Å²) < 4.78 is 0.00799. The fourth-order valence-electron chi connectivity index (χ4n) is 2.02. The molecule has 0 aliphatic rings. The van der Waals surface area contributed by atoms with Gasteiger partial charge in [0, 0.05) is 4.75 Å². The Morgan fingerprint density at radius 1 is 1.11 bits per heavy atom. The normalized spacial score (nSPS) is 16.3. The first-order valence-electron chi connectivity index (χ1n) is 7.70. The van der Waals surface area contributed by atoms with Crippen LogP contribution in [0.2, 0.25) is 0 Å². The minimum atomic E-state index is 0.00799. The molecule has 110 valence electrons. The molecule has 0 N–H and O–H groups in total. The third-order valence-electron chi connectivity index (χ3n) is 3.97. The van der Waals surface area contributed by atoms with Crippen LogP contribution < -0.4 is 0 Å². The molecule has 0 aromatic heterocycles. The van der Waals surface area contributed by atoms with Crippen molar-refractivity contribution in [1.82, 2.24) is 0 Å². The summed E-state index contributed by atoms with van der Waals surface area (Å²) >= 11 is 4.70. The first-order valence-corrected chi connectivity index (χ1v) is 8.15. The molecule has 1 unspecified atom stereocenters. The van der Waals surface area contributed by atoms with Crippen molar-refractivity contribution in [2.75, 3.05) is 0 Å². The Hall–Kier alpha value is -0.430. The molecule has 0 fully saturated rings. The third-order valence-corrected chi connectivity index (χ3v) is 4.69. The number of rotatable bonds is 10. The lowest BCUT2D eigenvalue weighted by Crippen LogP contribution is -2.15. The highest BCUT2D eigenvalue weighted by molar-refractivity contribution is 7.82. The highest BCUT2D eigenvalue weighted by Gasteiger charge is 2.17. The summed E-state index contributed by atoms with van der Waals surface area (Å²) in [5.41, 5.74) is 3.08. The van der Waals surface area contributed by atoms with Gasteiger partial charge in [0.15, 0.2) is 0 Å². The molecular formula is C18H32S. The van der Waals surface area contributed by atoms with Gasteiger partial charge < -0.3 is 0 Å². The molecule has 0 amide bonds. The molecule has 0 aliphatic carbocycles. The molecule has 0 radical (unpaired) electrons. The smallest absolute Gasteiger partial charge is 0.0306 e. The van der Waals surface area contributed by atoms with Crippen LogP contribution >= 0.6 is 12.6 Å². The van der Waals surface area contributed by atoms with Gasteiger partial charge in [-0.3, -0.25) is 0 Å². The van der Waals surface area contributed by atoms with E-state index in [1.54, 1.807) is 5.57 Å². The molecule has 1 heteroatoms. The first-order chi connectivity index (χ1) is 9.01. The minimum Gasteiger partial charge on any atom is -0.168 e. The lowest BCUT2D eigenvalue weighted by Gasteiger charge is -2.21. The molecule has 19 heavy (non-hydrogen) atoms. The molecular weight excluding hydrogens is 248 g/mol. The molecule has 0 aliphatic heterocycles. The highest BCUT2D eigenvalue weighted by Crippen LogP contribution is 2.27. The summed E-state index contributed by atoms with van der Waals surface area (Å²) in [6.45, 7) is 12.8. The van der Waals surface area contributed by atoms with Crippen molar-refractivity contribution < 1.29 is 0 Å². The van der Waals surface area contributed by atoms with Gasteiger partial charge in [-0.25, -0.2) is 0 Å². The summed E-state index contributed by atoms with van der Waals surface area (Å²) in [6, 6.07) is 0. The van der Waals surface area contributed by atoms with Gasteiger partial charge in [-0.2, -0.15) is 12.6 Å². The zero-order valence-electron chi connectivity index (χ0n) is 13.3. The second kappa shape index (κ2) is 10.4. The van der Waals surface area contributed by atoms with E-state index in [-0.39, 0.29) is 4.75 Å². The van der Waals surface area contributed by atoms with E-state index in [0.29, 0.717) is 0 Å². The second-order valence-corrected chi connectivity index (χ2v) is 6.25. The van der Waals surface area contributed by atoms with Gasteiger partial charge in [-0.15, -0.1) is 6.58 Å². The van der Waals surface area contributed by atoms with Crippen molar-refractivity contribution in [1.29, 1.82) is 0 Å². The Morgan fingerprint density at radius 3 is 2.26 bits per heavy atom. The van der Waals surface area contributed by atoms with Crippen LogP contribution in [-0.2, 0) is 0 Å². The Kier molecular flexibility index (Phi) is 10.1. The van der Waals surface area contributed by atoms with E-state index >= 15 is 0 Å². The van der Waals surface area contributed by atoms with Crippen molar-refractivity contribution in [3.63, 3.8) is 0 Å². The second-order valence-electron chi connectivity index (χ2n) is 5.36. The van der Waals surface area contributed by atoms with E-state index in [9.17, 15) is 0 Å². The maximum absolute atomic E-state index is 4.70. The Labute approximate surface area is 126 Å². The van der Waals surface area contributed by atoms with Crippen LogP contribution in [0.1, 0.15) is 72.6 Å². The molecule has 0 rings (SSSR count). The van der Waals surface area contributed by atoms with Gasteiger partial charge in [-0.05, 0) is 51.9 Å². The Bertz CT molecular complexity index is 312. The van der Waals surface area contributed by atoms with E-state index in [0.717, 1.165) is 19.3 Å². The van der Waals surface area contributed by atoms with Gasteiger partial charge in [0.1, 0.15) is 0 Å². The summed E-state index contributed by atoms with van der Waals surface area (Å²) in [5, 5.41) is 0. The van der Waals surface area contributed by atoms with Crippen LogP contribution in [0.3, 0.4) is 0 Å². The van der Waals surface area contributed by atoms with Gasteiger partial charge in [0.2, 0.25) is 0 Å². The quantitative estimate of drug-likeness (QED) is 0.342. The fourth-order valence-corrected chi connectivity index (χ4v) is 2.15. The van der Waals surface area contributed by atoms with Gasteiger partial charge in [-0.1, -0.05) is 50.1 Å². The zero-order chi connectivity index (χ0) is 14.7. The van der Waals surface area contributed by atoms with Crippen molar-refractivity contribution in [3.8, 4) is 0 Å². The van der Waals surface area contributed by atoms with E-state index in [1.807, 2.05) is 6.08 Å². The average Bonchev–Trinajstić information content (AvgIpc) is 2.44. The van der Waals surface area contributed by atoms with Crippen LogP contribution in [0.5, 0.6) is 0 Å². The van der Waals surface area contributed by atoms with Crippen LogP contribution in [0.25, 0.3) is 0 Å². The SMILES string of the molecule is C=CC(S)(CC)CC/C=C(\CC)CC/C=C(/C)CC. The average molecular weight is 281 g/mol. The van der Waals surface area contributed by atoms with Crippen LogP contribution in [0.4, 0.5) is 0 Å². The molecule has 0 nitrogen and oxygen atoms in total. The van der Waals surface area contributed by atoms with Crippen LogP contribution in [0, 0.1) is 0 Å². The Balaban J connectivity index is 4.23. The predicted molar refractivity (Wildman–Crippen MR) is 93.1 cm³/mol. The maximum Gasteiger partial charge on any atom is 0.0306 e. The molecule has 0 saturated carbocycles. The van der Waals surface area contributed by atoms with Crippen molar-refractivity contribution in [2.24, 2.45) is 0 Å². The number of hydrogen-bond acceptors (Lipinski definition) is 1. The molecule has 0 bridgehead atoms. The van der Waals surface area contributed by atoms with Crippen LogP contribution in [0.15, 0.2) is 36.0 Å². The molecule has 1 atom stereocenters. The number of hydrogen-bond donors (Lipinski definition) is 1. The van der Waals surface area contributed by atoms with E-state index in [1.165, 1.54) is 31.3 Å². The Morgan fingerprint density at radius 2 is 1.79 bits per heavy atom. The van der Waals surface area contributed by atoms with Crippen molar-refractivity contribution in [2.45, 2.75) is 77.4 Å². The van der Waals surface area contributed by atoms with E-state index in [2.05, 4.69) is 46.4 Å².